The van der Waals surface area contributed by atoms with Crippen molar-refractivity contribution >= 4 is 17.5 Å². The Labute approximate surface area is 110 Å². The van der Waals surface area contributed by atoms with Crippen LogP contribution < -0.4 is 10.6 Å². The lowest BCUT2D eigenvalue weighted by Gasteiger charge is -2.27. The van der Waals surface area contributed by atoms with Crippen molar-refractivity contribution in [2.24, 2.45) is 0 Å². The van der Waals surface area contributed by atoms with E-state index in [2.05, 4.69) is 9.97 Å². The number of nitro groups is 1. The molecule has 104 valence electrons. The number of hydrogen-bond acceptors (Lipinski definition) is 7. The van der Waals surface area contributed by atoms with Gasteiger partial charge in [0.15, 0.2) is 0 Å². The Hall–Kier alpha value is -1.96. The van der Waals surface area contributed by atoms with Gasteiger partial charge in [-0.25, -0.2) is 4.98 Å². The van der Waals surface area contributed by atoms with Crippen LogP contribution in [0.5, 0.6) is 0 Å². The van der Waals surface area contributed by atoms with Gasteiger partial charge >= 0.3 is 5.69 Å². The standard InChI is InChI=1S/C11H17N5O3/c1-15(7-8-4-2-3-5-19-8)11-13-6-9(16(17)18)10(12)14-11/h6,8H,2-5,7H2,1H3,(H2,12,13,14). The zero-order valence-corrected chi connectivity index (χ0v) is 10.8. The summed E-state index contributed by atoms with van der Waals surface area (Å²) in [5, 5.41) is 10.6. The summed E-state index contributed by atoms with van der Waals surface area (Å²) in [5.74, 6) is 0.253. The third kappa shape index (κ3) is 3.28. The summed E-state index contributed by atoms with van der Waals surface area (Å²) in [6.45, 7) is 1.43. The molecule has 1 aliphatic heterocycles. The first kappa shape index (κ1) is 13.5. The molecular formula is C11H17N5O3. The van der Waals surface area contributed by atoms with Gasteiger partial charge in [0.2, 0.25) is 11.8 Å². The maximum Gasteiger partial charge on any atom is 0.329 e. The lowest BCUT2D eigenvalue weighted by atomic mass is 10.1. The molecule has 0 radical (unpaired) electrons. The molecule has 0 amide bonds. The summed E-state index contributed by atoms with van der Waals surface area (Å²) in [7, 11) is 1.82. The minimum absolute atomic E-state index is 0.119. The van der Waals surface area contributed by atoms with E-state index in [9.17, 15) is 10.1 Å². The van der Waals surface area contributed by atoms with E-state index in [4.69, 9.17) is 10.5 Å². The number of nitrogens with zero attached hydrogens (tertiary/aromatic N) is 4. The molecule has 0 aliphatic carbocycles. The number of nitrogens with two attached hydrogens (primary N) is 1. The van der Waals surface area contributed by atoms with Crippen LogP contribution in [-0.2, 0) is 4.74 Å². The highest BCUT2D eigenvalue weighted by Gasteiger charge is 2.20. The molecule has 8 nitrogen and oxygen atoms in total. The molecule has 2 rings (SSSR count). The molecule has 1 saturated heterocycles. The molecule has 0 saturated carbocycles. The molecule has 1 aliphatic rings. The van der Waals surface area contributed by atoms with Crippen LogP contribution in [0.25, 0.3) is 0 Å². The summed E-state index contributed by atoms with van der Waals surface area (Å²) in [6, 6.07) is 0. The number of nitrogen functional groups attached to an aromatic ring is 1. The van der Waals surface area contributed by atoms with E-state index in [0.717, 1.165) is 32.1 Å². The zero-order valence-electron chi connectivity index (χ0n) is 10.8. The van der Waals surface area contributed by atoms with Gasteiger partial charge in [-0.2, -0.15) is 4.98 Å². The number of likely N-dealkylation sites (N-methyl/N-ethyl adjacent to an activating group) is 1. The third-order valence-electron chi connectivity index (χ3n) is 3.07. The average Bonchev–Trinajstić information content (AvgIpc) is 2.39. The highest BCUT2D eigenvalue weighted by atomic mass is 16.6. The van der Waals surface area contributed by atoms with E-state index in [-0.39, 0.29) is 17.6 Å². The molecule has 1 atom stereocenters. The van der Waals surface area contributed by atoms with Gasteiger partial charge in [-0.15, -0.1) is 0 Å². The number of rotatable bonds is 4. The van der Waals surface area contributed by atoms with Crippen molar-refractivity contribution in [2.75, 3.05) is 30.8 Å². The van der Waals surface area contributed by atoms with Crippen LogP contribution in [0.4, 0.5) is 17.5 Å². The van der Waals surface area contributed by atoms with Crippen molar-refractivity contribution in [3.8, 4) is 0 Å². The maximum atomic E-state index is 10.6. The Balaban J connectivity index is 2.04. The topological polar surface area (TPSA) is 107 Å². The maximum absolute atomic E-state index is 10.6. The monoisotopic (exact) mass is 267 g/mol. The Morgan fingerprint density at radius 1 is 1.63 bits per heavy atom. The largest absolute Gasteiger partial charge is 0.378 e. The van der Waals surface area contributed by atoms with Gasteiger partial charge in [0, 0.05) is 20.2 Å². The average molecular weight is 267 g/mol. The summed E-state index contributed by atoms with van der Waals surface area (Å²) in [4.78, 5) is 19.8. The minimum Gasteiger partial charge on any atom is -0.378 e. The summed E-state index contributed by atoms with van der Waals surface area (Å²) in [5.41, 5.74) is 5.27. The van der Waals surface area contributed by atoms with Crippen molar-refractivity contribution in [3.63, 3.8) is 0 Å². The van der Waals surface area contributed by atoms with Gasteiger partial charge in [-0.3, -0.25) is 10.1 Å². The van der Waals surface area contributed by atoms with E-state index in [1.807, 2.05) is 7.05 Å². The van der Waals surface area contributed by atoms with Crippen molar-refractivity contribution in [2.45, 2.75) is 25.4 Å². The molecule has 0 spiro atoms. The second-order valence-corrected chi connectivity index (χ2v) is 4.57. The molecule has 1 aromatic rings. The molecule has 0 bridgehead atoms. The minimum atomic E-state index is -0.594. The van der Waals surface area contributed by atoms with Gasteiger partial charge in [-0.1, -0.05) is 0 Å². The van der Waals surface area contributed by atoms with Crippen LogP contribution in [0, 0.1) is 10.1 Å². The first-order valence-electron chi connectivity index (χ1n) is 6.17. The molecule has 0 aromatic carbocycles. The van der Waals surface area contributed by atoms with Crippen LogP contribution in [0.2, 0.25) is 0 Å². The Morgan fingerprint density at radius 2 is 2.42 bits per heavy atom. The van der Waals surface area contributed by atoms with E-state index >= 15 is 0 Å². The number of aromatic nitrogens is 2. The highest BCUT2D eigenvalue weighted by Crippen LogP contribution is 2.21. The second kappa shape index (κ2) is 5.79. The quantitative estimate of drug-likeness (QED) is 0.639. The first-order chi connectivity index (χ1) is 9.08. The molecule has 19 heavy (non-hydrogen) atoms. The van der Waals surface area contributed by atoms with Crippen LogP contribution in [0.1, 0.15) is 19.3 Å². The fraction of sp³-hybridized carbons (Fsp3) is 0.636. The van der Waals surface area contributed by atoms with E-state index in [0.29, 0.717) is 12.5 Å². The fourth-order valence-electron chi connectivity index (χ4n) is 2.04. The normalized spacial score (nSPS) is 19.1. The van der Waals surface area contributed by atoms with Crippen LogP contribution >= 0.6 is 0 Å². The first-order valence-corrected chi connectivity index (χ1v) is 6.17. The molecule has 1 aromatic heterocycles. The zero-order chi connectivity index (χ0) is 13.8. The number of hydrogen-bond donors (Lipinski definition) is 1. The third-order valence-corrected chi connectivity index (χ3v) is 3.07. The summed E-state index contributed by atoms with van der Waals surface area (Å²) < 4.78 is 5.63. The van der Waals surface area contributed by atoms with Gasteiger partial charge in [-0.05, 0) is 19.3 Å². The lowest BCUT2D eigenvalue weighted by Crippen LogP contribution is -2.34. The predicted octanol–water partition coefficient (Wildman–Crippen LogP) is 0.972. The van der Waals surface area contributed by atoms with Gasteiger partial charge in [0.1, 0.15) is 6.20 Å². The van der Waals surface area contributed by atoms with Gasteiger partial charge in [0.25, 0.3) is 0 Å². The van der Waals surface area contributed by atoms with Crippen LogP contribution in [0.15, 0.2) is 6.20 Å². The molecular weight excluding hydrogens is 250 g/mol. The van der Waals surface area contributed by atoms with Gasteiger partial charge < -0.3 is 15.4 Å². The molecule has 2 N–H and O–H groups in total. The van der Waals surface area contributed by atoms with E-state index in [1.165, 1.54) is 0 Å². The number of anilines is 2. The van der Waals surface area contributed by atoms with Crippen LogP contribution in [0.3, 0.4) is 0 Å². The molecule has 1 fully saturated rings. The summed E-state index contributed by atoms with van der Waals surface area (Å²) in [6.07, 6.45) is 4.55. The van der Waals surface area contributed by atoms with E-state index < -0.39 is 4.92 Å². The van der Waals surface area contributed by atoms with Crippen LogP contribution in [-0.4, -0.2) is 41.2 Å². The SMILES string of the molecule is CN(CC1CCCCO1)c1ncc([N+](=O)[O-])c(N)n1. The van der Waals surface area contributed by atoms with E-state index in [1.54, 1.807) is 4.90 Å². The fourth-order valence-corrected chi connectivity index (χ4v) is 2.04. The lowest BCUT2D eigenvalue weighted by molar-refractivity contribution is -0.384. The summed E-state index contributed by atoms with van der Waals surface area (Å²) >= 11 is 0. The van der Waals surface area contributed by atoms with Crippen molar-refractivity contribution < 1.29 is 9.66 Å². The highest BCUT2D eigenvalue weighted by molar-refractivity contribution is 5.53. The Kier molecular flexibility index (Phi) is 4.10. The second-order valence-electron chi connectivity index (χ2n) is 4.57. The van der Waals surface area contributed by atoms with Crippen molar-refractivity contribution in [1.82, 2.24) is 9.97 Å². The predicted molar refractivity (Wildman–Crippen MR) is 70.0 cm³/mol. The smallest absolute Gasteiger partial charge is 0.329 e. The Bertz CT molecular complexity index is 462. The molecule has 2 heterocycles. The van der Waals surface area contributed by atoms with Crippen molar-refractivity contribution in [3.05, 3.63) is 16.3 Å². The number of ether oxygens (including phenoxy) is 1. The van der Waals surface area contributed by atoms with Gasteiger partial charge in [0.05, 0.1) is 11.0 Å². The molecule has 1 unspecified atom stereocenters. The molecule has 8 heteroatoms. The van der Waals surface area contributed by atoms with Crippen molar-refractivity contribution in [1.29, 1.82) is 0 Å². The Morgan fingerprint density at radius 3 is 3.00 bits per heavy atom.